The van der Waals surface area contributed by atoms with Gasteiger partial charge in [0.2, 0.25) is 0 Å². The molecule has 2 nitrogen and oxygen atoms in total. The van der Waals surface area contributed by atoms with Crippen molar-refractivity contribution in [3.05, 3.63) is 0 Å². The van der Waals surface area contributed by atoms with Gasteiger partial charge in [-0.15, -0.1) is 0 Å². The van der Waals surface area contributed by atoms with Crippen LogP contribution in [0.4, 0.5) is 0 Å². The molecule has 12 heavy (non-hydrogen) atoms. The molecule has 0 aliphatic rings. The molecule has 0 saturated heterocycles. The van der Waals surface area contributed by atoms with Gasteiger partial charge in [0.25, 0.3) is 0 Å². The minimum atomic E-state index is 0.339. The molecule has 0 amide bonds. The minimum absolute atomic E-state index is 0.339. The zero-order chi connectivity index (χ0) is 9.56. The largest absolute Gasteiger partial charge is 0.328 e. The van der Waals surface area contributed by atoms with Gasteiger partial charge in [-0.25, -0.2) is 0 Å². The van der Waals surface area contributed by atoms with E-state index in [1.165, 1.54) is 6.54 Å². The molecule has 0 radical (unpaired) electrons. The normalized spacial score (nSPS) is 14.2. The Balaban J connectivity index is 3.53. The van der Waals surface area contributed by atoms with Gasteiger partial charge in [0, 0.05) is 12.6 Å². The lowest BCUT2D eigenvalue weighted by molar-refractivity contribution is 0.248. The third kappa shape index (κ3) is 6.62. The van der Waals surface area contributed by atoms with Crippen LogP contribution in [0.2, 0.25) is 0 Å². The highest BCUT2D eigenvalue weighted by atomic mass is 15.1. The molecule has 0 bridgehead atoms. The Hall–Kier alpha value is -0.0800. The van der Waals surface area contributed by atoms with Crippen LogP contribution in [0.15, 0.2) is 0 Å². The Morgan fingerprint density at radius 1 is 1.25 bits per heavy atom. The molecule has 0 fully saturated rings. The van der Waals surface area contributed by atoms with Crippen LogP contribution >= 0.6 is 0 Å². The second-order valence-electron chi connectivity index (χ2n) is 4.05. The van der Waals surface area contributed by atoms with Crippen molar-refractivity contribution in [2.45, 2.75) is 40.2 Å². The van der Waals surface area contributed by atoms with Crippen LogP contribution in [-0.2, 0) is 0 Å². The van der Waals surface area contributed by atoms with Gasteiger partial charge in [-0.1, -0.05) is 20.8 Å². The Morgan fingerprint density at radius 3 is 2.17 bits per heavy atom. The lowest BCUT2D eigenvalue weighted by Crippen LogP contribution is -2.31. The summed E-state index contributed by atoms with van der Waals surface area (Å²) in [6.07, 6.45) is 1.11. The number of hydrogen-bond acceptors (Lipinski definition) is 2. The first kappa shape index (κ1) is 11.9. The first-order valence-corrected chi connectivity index (χ1v) is 5.04. The highest BCUT2D eigenvalue weighted by Crippen LogP contribution is 2.00. The molecule has 0 rings (SSSR count). The van der Waals surface area contributed by atoms with E-state index in [2.05, 4.69) is 32.6 Å². The van der Waals surface area contributed by atoms with E-state index in [-0.39, 0.29) is 0 Å². The van der Waals surface area contributed by atoms with Crippen molar-refractivity contribution >= 4 is 0 Å². The summed E-state index contributed by atoms with van der Waals surface area (Å²) in [7, 11) is 0. The standard InChI is InChI=1S/C10H24N2/c1-5-12(8-9(2)3)7-6-10(4)11/h9-10H,5-8,11H2,1-4H3. The van der Waals surface area contributed by atoms with Crippen LogP contribution in [0.5, 0.6) is 0 Å². The minimum Gasteiger partial charge on any atom is -0.328 e. The van der Waals surface area contributed by atoms with E-state index in [0.717, 1.165) is 25.4 Å². The van der Waals surface area contributed by atoms with Crippen molar-refractivity contribution in [3.63, 3.8) is 0 Å². The smallest absolute Gasteiger partial charge is 0.00226 e. The first-order valence-electron chi connectivity index (χ1n) is 5.04. The molecule has 0 aromatic carbocycles. The summed E-state index contributed by atoms with van der Waals surface area (Å²) in [6, 6.07) is 0.339. The molecule has 2 heteroatoms. The molecule has 2 N–H and O–H groups in total. The topological polar surface area (TPSA) is 29.3 Å². The van der Waals surface area contributed by atoms with E-state index >= 15 is 0 Å². The van der Waals surface area contributed by atoms with Crippen molar-refractivity contribution in [2.75, 3.05) is 19.6 Å². The third-order valence-corrected chi connectivity index (χ3v) is 1.97. The van der Waals surface area contributed by atoms with Crippen molar-refractivity contribution < 1.29 is 0 Å². The van der Waals surface area contributed by atoms with E-state index in [1.807, 2.05) is 0 Å². The van der Waals surface area contributed by atoms with E-state index in [9.17, 15) is 0 Å². The fourth-order valence-electron chi connectivity index (χ4n) is 1.28. The van der Waals surface area contributed by atoms with Gasteiger partial charge in [-0.05, 0) is 32.4 Å². The third-order valence-electron chi connectivity index (χ3n) is 1.97. The van der Waals surface area contributed by atoms with Crippen LogP contribution in [0.1, 0.15) is 34.1 Å². The predicted octanol–water partition coefficient (Wildman–Crippen LogP) is 1.70. The molecule has 0 spiro atoms. The SMILES string of the molecule is CCN(CCC(C)N)CC(C)C. The van der Waals surface area contributed by atoms with Gasteiger partial charge in [0.05, 0.1) is 0 Å². The fraction of sp³-hybridized carbons (Fsp3) is 1.00. The molecular formula is C10H24N2. The number of rotatable bonds is 6. The Morgan fingerprint density at radius 2 is 1.83 bits per heavy atom. The Kier molecular flexibility index (Phi) is 6.39. The van der Waals surface area contributed by atoms with Crippen molar-refractivity contribution in [2.24, 2.45) is 11.7 Å². The molecule has 0 aliphatic carbocycles. The summed E-state index contributed by atoms with van der Waals surface area (Å²) in [4.78, 5) is 2.47. The van der Waals surface area contributed by atoms with Crippen LogP contribution in [0.25, 0.3) is 0 Å². The maximum absolute atomic E-state index is 5.70. The second kappa shape index (κ2) is 6.44. The van der Waals surface area contributed by atoms with Gasteiger partial charge >= 0.3 is 0 Å². The maximum Gasteiger partial charge on any atom is 0.00226 e. The predicted molar refractivity (Wildman–Crippen MR) is 55.2 cm³/mol. The van der Waals surface area contributed by atoms with Gasteiger partial charge < -0.3 is 10.6 Å². The van der Waals surface area contributed by atoms with Crippen molar-refractivity contribution in [1.29, 1.82) is 0 Å². The molecule has 0 aromatic rings. The van der Waals surface area contributed by atoms with Crippen LogP contribution < -0.4 is 5.73 Å². The van der Waals surface area contributed by atoms with Crippen LogP contribution in [0.3, 0.4) is 0 Å². The fourth-order valence-corrected chi connectivity index (χ4v) is 1.28. The lowest BCUT2D eigenvalue weighted by Gasteiger charge is -2.23. The zero-order valence-corrected chi connectivity index (χ0v) is 9.01. The van der Waals surface area contributed by atoms with E-state index in [0.29, 0.717) is 6.04 Å². The molecule has 1 unspecified atom stereocenters. The molecule has 0 heterocycles. The average molecular weight is 172 g/mol. The zero-order valence-electron chi connectivity index (χ0n) is 9.01. The maximum atomic E-state index is 5.70. The number of nitrogens with zero attached hydrogens (tertiary/aromatic N) is 1. The Bertz CT molecular complexity index is 100. The average Bonchev–Trinajstić information content (AvgIpc) is 1.97. The van der Waals surface area contributed by atoms with Gasteiger partial charge in [-0.3, -0.25) is 0 Å². The highest BCUT2D eigenvalue weighted by Gasteiger charge is 2.05. The molecule has 0 saturated carbocycles. The van der Waals surface area contributed by atoms with E-state index in [4.69, 9.17) is 5.73 Å². The summed E-state index contributed by atoms with van der Waals surface area (Å²) >= 11 is 0. The van der Waals surface area contributed by atoms with Crippen LogP contribution in [0, 0.1) is 5.92 Å². The summed E-state index contributed by atoms with van der Waals surface area (Å²) < 4.78 is 0. The van der Waals surface area contributed by atoms with E-state index in [1.54, 1.807) is 0 Å². The highest BCUT2D eigenvalue weighted by molar-refractivity contribution is 4.61. The van der Waals surface area contributed by atoms with E-state index < -0.39 is 0 Å². The lowest BCUT2D eigenvalue weighted by atomic mass is 10.2. The number of hydrogen-bond donors (Lipinski definition) is 1. The van der Waals surface area contributed by atoms with Crippen molar-refractivity contribution in [3.8, 4) is 0 Å². The Labute approximate surface area is 77.1 Å². The summed E-state index contributed by atoms with van der Waals surface area (Å²) in [5.74, 6) is 0.762. The quantitative estimate of drug-likeness (QED) is 0.661. The summed E-state index contributed by atoms with van der Waals surface area (Å²) in [5.41, 5.74) is 5.70. The molecule has 74 valence electrons. The summed E-state index contributed by atoms with van der Waals surface area (Å²) in [5, 5.41) is 0. The van der Waals surface area contributed by atoms with Gasteiger partial charge in [-0.2, -0.15) is 0 Å². The van der Waals surface area contributed by atoms with Gasteiger partial charge in [0.1, 0.15) is 0 Å². The molecule has 0 aromatic heterocycles. The first-order chi connectivity index (χ1) is 5.56. The molecule has 0 aliphatic heterocycles. The monoisotopic (exact) mass is 172 g/mol. The number of nitrogens with two attached hydrogens (primary N) is 1. The second-order valence-corrected chi connectivity index (χ2v) is 4.05. The van der Waals surface area contributed by atoms with Gasteiger partial charge in [0.15, 0.2) is 0 Å². The molecular weight excluding hydrogens is 148 g/mol. The summed E-state index contributed by atoms with van der Waals surface area (Å²) in [6.45, 7) is 12.3. The van der Waals surface area contributed by atoms with Crippen LogP contribution in [-0.4, -0.2) is 30.6 Å². The van der Waals surface area contributed by atoms with Crippen molar-refractivity contribution in [1.82, 2.24) is 4.90 Å². The molecule has 1 atom stereocenters.